The van der Waals surface area contributed by atoms with Gasteiger partial charge in [0.2, 0.25) is 0 Å². The first-order chi connectivity index (χ1) is 7.88. The quantitative estimate of drug-likeness (QED) is 0.813. The van der Waals surface area contributed by atoms with E-state index < -0.39 is 0 Å². The largest absolute Gasteiger partial charge is 0.346 e. The van der Waals surface area contributed by atoms with E-state index in [0.29, 0.717) is 0 Å². The van der Waals surface area contributed by atoms with Gasteiger partial charge in [-0.3, -0.25) is 0 Å². The summed E-state index contributed by atoms with van der Waals surface area (Å²) in [5, 5.41) is 0. The molecule has 0 spiro atoms. The summed E-state index contributed by atoms with van der Waals surface area (Å²) in [6.07, 6.45) is 6.28. The molecule has 0 radical (unpaired) electrons. The van der Waals surface area contributed by atoms with E-state index in [4.69, 9.17) is 0 Å². The van der Waals surface area contributed by atoms with Crippen LogP contribution in [-0.4, -0.2) is 9.97 Å². The van der Waals surface area contributed by atoms with Gasteiger partial charge in [0.25, 0.3) is 0 Å². The third kappa shape index (κ3) is 2.96. The molecule has 1 N–H and O–H groups in total. The second kappa shape index (κ2) is 5.50. The van der Waals surface area contributed by atoms with Crippen LogP contribution in [-0.2, 0) is 19.3 Å². The summed E-state index contributed by atoms with van der Waals surface area (Å²) in [5.74, 6) is 1.12. The van der Waals surface area contributed by atoms with Gasteiger partial charge in [0.15, 0.2) is 0 Å². The van der Waals surface area contributed by atoms with E-state index >= 15 is 0 Å². The van der Waals surface area contributed by atoms with E-state index in [1.807, 2.05) is 6.20 Å². The van der Waals surface area contributed by atoms with Crippen LogP contribution in [0.25, 0.3) is 0 Å². The van der Waals surface area contributed by atoms with Crippen molar-refractivity contribution < 1.29 is 0 Å². The van der Waals surface area contributed by atoms with E-state index in [2.05, 4.69) is 47.2 Å². The molecule has 84 valence electrons. The number of aromatic nitrogens is 2. The number of H-pyrrole nitrogens is 1. The van der Waals surface area contributed by atoms with Gasteiger partial charge in [-0.1, -0.05) is 37.3 Å². The minimum atomic E-state index is 1.04. The predicted molar refractivity (Wildman–Crippen MR) is 66.4 cm³/mol. The summed E-state index contributed by atoms with van der Waals surface area (Å²) in [6.45, 7) is 2.17. The lowest BCUT2D eigenvalue weighted by atomic mass is 10.1. The van der Waals surface area contributed by atoms with Crippen molar-refractivity contribution in [3.05, 3.63) is 53.6 Å². The highest BCUT2D eigenvalue weighted by Crippen LogP contribution is 2.06. The minimum absolute atomic E-state index is 1.04. The van der Waals surface area contributed by atoms with Gasteiger partial charge in [0.05, 0.1) is 0 Å². The number of nitrogens with one attached hydrogen (secondary N) is 1. The molecule has 2 rings (SSSR count). The van der Waals surface area contributed by atoms with Crippen LogP contribution in [0, 0.1) is 0 Å². The summed E-state index contributed by atoms with van der Waals surface area (Å²) in [6, 6.07) is 10.6. The van der Waals surface area contributed by atoms with Crippen LogP contribution in [0.4, 0.5) is 0 Å². The second-order valence-corrected chi connectivity index (χ2v) is 4.09. The zero-order valence-corrected chi connectivity index (χ0v) is 9.74. The Hall–Kier alpha value is -1.57. The van der Waals surface area contributed by atoms with Gasteiger partial charge in [-0.25, -0.2) is 4.98 Å². The molecule has 1 aromatic heterocycles. The molecule has 0 aliphatic rings. The Bertz CT molecular complexity index is 417. The fourth-order valence-electron chi connectivity index (χ4n) is 1.82. The first-order valence-electron chi connectivity index (χ1n) is 5.95. The fourth-order valence-corrected chi connectivity index (χ4v) is 1.82. The van der Waals surface area contributed by atoms with Crippen LogP contribution < -0.4 is 0 Å². The first-order valence-corrected chi connectivity index (χ1v) is 5.95. The molecular formula is C14H18N2. The Morgan fingerprint density at radius 3 is 2.62 bits per heavy atom. The highest BCUT2D eigenvalue weighted by Gasteiger charge is 2.00. The van der Waals surface area contributed by atoms with Crippen molar-refractivity contribution in [2.75, 3.05) is 0 Å². The van der Waals surface area contributed by atoms with Crippen molar-refractivity contribution in [3.8, 4) is 0 Å². The highest BCUT2D eigenvalue weighted by molar-refractivity contribution is 5.16. The van der Waals surface area contributed by atoms with Gasteiger partial charge in [0, 0.05) is 18.3 Å². The number of rotatable bonds is 5. The maximum atomic E-state index is 4.36. The molecule has 2 nitrogen and oxygen atoms in total. The monoisotopic (exact) mass is 214 g/mol. The third-order valence-electron chi connectivity index (χ3n) is 2.69. The molecule has 0 saturated heterocycles. The molecule has 1 aromatic carbocycles. The third-order valence-corrected chi connectivity index (χ3v) is 2.69. The zero-order chi connectivity index (χ0) is 11.2. The maximum absolute atomic E-state index is 4.36. The summed E-state index contributed by atoms with van der Waals surface area (Å²) in [4.78, 5) is 7.74. The first kappa shape index (κ1) is 10.9. The number of imidazole rings is 1. The summed E-state index contributed by atoms with van der Waals surface area (Å²) in [5.41, 5.74) is 2.63. The normalized spacial score (nSPS) is 10.6. The van der Waals surface area contributed by atoms with Gasteiger partial charge < -0.3 is 4.98 Å². The molecule has 1 heterocycles. The Balaban J connectivity index is 1.89. The summed E-state index contributed by atoms with van der Waals surface area (Å²) < 4.78 is 0. The standard InChI is InChI=1S/C14H18N2/c1-2-6-14-15-11-13(16-14)10-9-12-7-4-3-5-8-12/h3-5,7-8,11H,2,6,9-10H2,1H3,(H,15,16). The van der Waals surface area contributed by atoms with Crippen LogP contribution in [0.3, 0.4) is 0 Å². The van der Waals surface area contributed by atoms with Crippen LogP contribution in [0.15, 0.2) is 36.5 Å². The lowest BCUT2D eigenvalue weighted by Crippen LogP contribution is -1.92. The second-order valence-electron chi connectivity index (χ2n) is 4.09. The maximum Gasteiger partial charge on any atom is 0.106 e. The van der Waals surface area contributed by atoms with Crippen LogP contribution in [0.1, 0.15) is 30.4 Å². The highest BCUT2D eigenvalue weighted by atomic mass is 14.9. The minimum Gasteiger partial charge on any atom is -0.346 e. The lowest BCUT2D eigenvalue weighted by Gasteiger charge is -1.98. The topological polar surface area (TPSA) is 28.7 Å². The van der Waals surface area contributed by atoms with Gasteiger partial charge in [-0.2, -0.15) is 0 Å². The van der Waals surface area contributed by atoms with Gasteiger partial charge in [0.1, 0.15) is 5.82 Å². The molecule has 0 aliphatic carbocycles. The molecule has 16 heavy (non-hydrogen) atoms. The van der Waals surface area contributed by atoms with Gasteiger partial charge in [-0.15, -0.1) is 0 Å². The van der Waals surface area contributed by atoms with Crippen LogP contribution in [0.5, 0.6) is 0 Å². The van der Waals surface area contributed by atoms with Crippen molar-refractivity contribution >= 4 is 0 Å². The Morgan fingerprint density at radius 2 is 1.88 bits per heavy atom. The predicted octanol–water partition coefficient (Wildman–Crippen LogP) is 3.15. The number of hydrogen-bond donors (Lipinski definition) is 1. The van der Waals surface area contributed by atoms with Gasteiger partial charge in [-0.05, 0) is 24.8 Å². The van der Waals surface area contributed by atoms with E-state index in [0.717, 1.165) is 31.5 Å². The molecule has 0 bridgehead atoms. The Morgan fingerprint density at radius 1 is 1.06 bits per heavy atom. The lowest BCUT2D eigenvalue weighted by molar-refractivity contribution is 0.842. The number of nitrogens with zero attached hydrogens (tertiary/aromatic N) is 1. The SMILES string of the molecule is CCCc1ncc(CCc2ccccc2)[nH]1. The summed E-state index contributed by atoms with van der Waals surface area (Å²) in [7, 11) is 0. The smallest absolute Gasteiger partial charge is 0.106 e. The Labute approximate surface area is 96.7 Å². The van der Waals surface area contributed by atoms with E-state index in [-0.39, 0.29) is 0 Å². The van der Waals surface area contributed by atoms with Crippen LogP contribution in [0.2, 0.25) is 0 Å². The summed E-state index contributed by atoms with van der Waals surface area (Å²) >= 11 is 0. The molecule has 0 amide bonds. The average Bonchev–Trinajstić information content (AvgIpc) is 2.76. The van der Waals surface area contributed by atoms with Gasteiger partial charge >= 0.3 is 0 Å². The fraction of sp³-hybridized carbons (Fsp3) is 0.357. The molecule has 2 heteroatoms. The average molecular weight is 214 g/mol. The number of benzene rings is 1. The number of aryl methyl sites for hydroxylation is 3. The van der Waals surface area contributed by atoms with Crippen LogP contribution >= 0.6 is 0 Å². The van der Waals surface area contributed by atoms with Crippen molar-refractivity contribution in [2.24, 2.45) is 0 Å². The number of aromatic amines is 1. The van der Waals surface area contributed by atoms with Crippen molar-refractivity contribution in [2.45, 2.75) is 32.6 Å². The van der Waals surface area contributed by atoms with Crippen molar-refractivity contribution in [3.63, 3.8) is 0 Å². The molecule has 2 aromatic rings. The Kier molecular flexibility index (Phi) is 3.76. The molecule has 0 aliphatic heterocycles. The molecule has 0 atom stereocenters. The molecule has 0 unspecified atom stereocenters. The van der Waals surface area contributed by atoms with Crippen molar-refractivity contribution in [1.82, 2.24) is 9.97 Å². The van der Waals surface area contributed by atoms with Crippen molar-refractivity contribution in [1.29, 1.82) is 0 Å². The number of hydrogen-bond acceptors (Lipinski definition) is 1. The van der Waals surface area contributed by atoms with E-state index in [9.17, 15) is 0 Å². The zero-order valence-electron chi connectivity index (χ0n) is 9.74. The molecule has 0 saturated carbocycles. The van der Waals surface area contributed by atoms with E-state index in [1.54, 1.807) is 0 Å². The molecule has 0 fully saturated rings. The van der Waals surface area contributed by atoms with E-state index in [1.165, 1.54) is 11.3 Å². The molecular weight excluding hydrogens is 196 g/mol.